The monoisotopic (exact) mass is 313 g/mol. The van der Waals surface area contributed by atoms with Crippen LogP contribution in [-0.4, -0.2) is 40.2 Å². The van der Waals surface area contributed by atoms with E-state index in [1.165, 1.54) is 0 Å². The topological polar surface area (TPSA) is 78.6 Å². The van der Waals surface area contributed by atoms with E-state index in [1.807, 2.05) is 24.3 Å². The van der Waals surface area contributed by atoms with Crippen molar-refractivity contribution in [3.05, 3.63) is 24.3 Å². The van der Waals surface area contributed by atoms with Gasteiger partial charge in [0.15, 0.2) is 21.3 Å². The maximum absolute atomic E-state index is 11.6. The van der Waals surface area contributed by atoms with Crippen LogP contribution in [0.2, 0.25) is 0 Å². The molecule has 0 bridgehead atoms. The average Bonchev–Trinajstić information content (AvgIpc) is 2.84. The molecule has 0 aliphatic carbocycles. The summed E-state index contributed by atoms with van der Waals surface area (Å²) >= 11 is 0. The van der Waals surface area contributed by atoms with Gasteiger partial charge in [0.25, 0.3) is 0 Å². The van der Waals surface area contributed by atoms with Crippen molar-refractivity contribution in [2.24, 2.45) is 17.6 Å². The Hall–Kier alpha value is -1.27. The lowest BCUT2D eigenvalue weighted by Gasteiger charge is -2.21. The van der Waals surface area contributed by atoms with Gasteiger partial charge in [-0.3, -0.25) is 0 Å². The minimum atomic E-state index is -2.85. The van der Waals surface area contributed by atoms with Gasteiger partial charge in [-0.05, 0) is 43.4 Å². The summed E-state index contributed by atoms with van der Waals surface area (Å²) in [5.41, 5.74) is 5.80. The normalized spacial score (nSPS) is 21.9. The van der Waals surface area contributed by atoms with Crippen molar-refractivity contribution in [2.75, 3.05) is 31.8 Å². The first-order valence-corrected chi connectivity index (χ1v) is 9.04. The molecule has 0 amide bonds. The van der Waals surface area contributed by atoms with E-state index < -0.39 is 9.84 Å². The van der Waals surface area contributed by atoms with Crippen LogP contribution in [-0.2, 0) is 9.84 Å². The van der Waals surface area contributed by atoms with Gasteiger partial charge in [-0.25, -0.2) is 8.42 Å². The van der Waals surface area contributed by atoms with E-state index in [0.29, 0.717) is 30.4 Å². The third-order valence-electron chi connectivity index (χ3n) is 4.05. The second kappa shape index (κ2) is 7.13. The maximum atomic E-state index is 11.6. The van der Waals surface area contributed by atoms with Crippen molar-refractivity contribution >= 4 is 9.84 Å². The predicted octanol–water partition coefficient (Wildman–Crippen LogP) is 1.47. The van der Waals surface area contributed by atoms with Crippen LogP contribution in [0.5, 0.6) is 11.5 Å². The van der Waals surface area contributed by atoms with Crippen molar-refractivity contribution in [1.29, 1.82) is 0 Å². The number of rotatable bonds is 7. The van der Waals surface area contributed by atoms with Crippen LogP contribution in [0.3, 0.4) is 0 Å². The highest BCUT2D eigenvalue weighted by atomic mass is 32.2. The minimum absolute atomic E-state index is 0.168. The number of methoxy groups -OCH3 is 1. The molecule has 0 spiro atoms. The van der Waals surface area contributed by atoms with Crippen LogP contribution >= 0.6 is 0 Å². The number of ether oxygens (including phenoxy) is 2. The number of sulfone groups is 1. The predicted molar refractivity (Wildman–Crippen MR) is 82.4 cm³/mol. The van der Waals surface area contributed by atoms with Crippen LogP contribution in [0.15, 0.2) is 24.3 Å². The second-order valence-electron chi connectivity index (χ2n) is 5.45. The summed E-state index contributed by atoms with van der Waals surface area (Å²) in [4.78, 5) is 0. The fourth-order valence-corrected chi connectivity index (χ4v) is 4.72. The molecule has 1 heterocycles. The lowest BCUT2D eigenvalue weighted by atomic mass is 9.89. The SMILES string of the molecule is COc1ccccc1OCCC(CN)C1CCS(=O)(=O)C1. The highest BCUT2D eigenvalue weighted by molar-refractivity contribution is 7.91. The Morgan fingerprint density at radius 2 is 2.05 bits per heavy atom. The number of hydrogen-bond donors (Lipinski definition) is 1. The molecule has 1 aliphatic rings. The molecule has 0 radical (unpaired) electrons. The zero-order valence-electron chi connectivity index (χ0n) is 12.3. The van der Waals surface area contributed by atoms with E-state index >= 15 is 0 Å². The lowest BCUT2D eigenvalue weighted by Crippen LogP contribution is -2.26. The molecule has 0 saturated carbocycles. The first kappa shape index (κ1) is 16.1. The molecular formula is C15H23NO4S. The summed E-state index contributed by atoms with van der Waals surface area (Å²) in [7, 11) is -1.25. The van der Waals surface area contributed by atoms with Gasteiger partial charge in [0, 0.05) is 0 Å². The summed E-state index contributed by atoms with van der Waals surface area (Å²) in [5, 5.41) is 0. The van der Waals surface area contributed by atoms with Gasteiger partial charge >= 0.3 is 0 Å². The zero-order valence-corrected chi connectivity index (χ0v) is 13.1. The molecule has 5 nitrogen and oxygen atoms in total. The van der Waals surface area contributed by atoms with E-state index in [9.17, 15) is 8.42 Å². The third kappa shape index (κ3) is 4.35. The van der Waals surface area contributed by atoms with Crippen molar-refractivity contribution in [2.45, 2.75) is 12.8 Å². The Morgan fingerprint density at radius 3 is 2.62 bits per heavy atom. The molecule has 2 unspecified atom stereocenters. The molecule has 1 fully saturated rings. The fraction of sp³-hybridized carbons (Fsp3) is 0.600. The van der Waals surface area contributed by atoms with Gasteiger partial charge in [0.05, 0.1) is 25.2 Å². The highest BCUT2D eigenvalue weighted by Crippen LogP contribution is 2.29. The summed E-state index contributed by atoms with van der Waals surface area (Å²) in [5.74, 6) is 2.32. The fourth-order valence-electron chi connectivity index (χ4n) is 2.80. The molecule has 6 heteroatoms. The zero-order chi connectivity index (χ0) is 15.3. The number of nitrogens with two attached hydrogens (primary N) is 1. The van der Waals surface area contributed by atoms with Gasteiger partial charge in [-0.15, -0.1) is 0 Å². The Kier molecular flexibility index (Phi) is 5.47. The van der Waals surface area contributed by atoms with Gasteiger partial charge in [0.1, 0.15) is 0 Å². The number of hydrogen-bond acceptors (Lipinski definition) is 5. The van der Waals surface area contributed by atoms with E-state index in [2.05, 4.69) is 0 Å². The lowest BCUT2D eigenvalue weighted by molar-refractivity contribution is 0.239. The van der Waals surface area contributed by atoms with Gasteiger partial charge in [-0.2, -0.15) is 0 Å². The number of benzene rings is 1. The summed E-state index contributed by atoms with van der Waals surface area (Å²) in [6.45, 7) is 1.01. The Bertz CT molecular complexity index is 559. The summed E-state index contributed by atoms with van der Waals surface area (Å²) < 4.78 is 34.1. The second-order valence-corrected chi connectivity index (χ2v) is 7.68. The maximum Gasteiger partial charge on any atom is 0.161 e. The summed E-state index contributed by atoms with van der Waals surface area (Å²) in [6.07, 6.45) is 1.48. The quantitative estimate of drug-likeness (QED) is 0.825. The van der Waals surface area contributed by atoms with Gasteiger partial charge in [0.2, 0.25) is 0 Å². The standard InChI is InChI=1S/C15H23NO4S/c1-19-14-4-2-3-5-15(14)20-8-6-12(10-16)13-7-9-21(17,18)11-13/h2-5,12-13H,6-11,16H2,1H3. The minimum Gasteiger partial charge on any atom is -0.493 e. The van der Waals surface area contributed by atoms with Crippen molar-refractivity contribution in [3.8, 4) is 11.5 Å². The van der Waals surface area contributed by atoms with Crippen LogP contribution in [0.4, 0.5) is 0 Å². The van der Waals surface area contributed by atoms with E-state index in [1.54, 1.807) is 7.11 Å². The molecule has 1 saturated heterocycles. The molecule has 2 N–H and O–H groups in total. The summed E-state index contributed by atoms with van der Waals surface area (Å²) in [6, 6.07) is 7.48. The van der Waals surface area contributed by atoms with Crippen molar-refractivity contribution in [1.82, 2.24) is 0 Å². The first-order chi connectivity index (χ1) is 10.1. The van der Waals surface area contributed by atoms with Gasteiger partial charge in [-0.1, -0.05) is 12.1 Å². The number of para-hydroxylation sites is 2. The Labute approximate surface area is 126 Å². The molecule has 118 valence electrons. The Morgan fingerprint density at radius 1 is 1.33 bits per heavy atom. The van der Waals surface area contributed by atoms with Crippen LogP contribution in [0.25, 0.3) is 0 Å². The Balaban J connectivity index is 1.86. The van der Waals surface area contributed by atoms with E-state index in [0.717, 1.165) is 12.8 Å². The molecule has 1 aliphatic heterocycles. The molecular weight excluding hydrogens is 290 g/mol. The first-order valence-electron chi connectivity index (χ1n) is 7.22. The van der Waals surface area contributed by atoms with Gasteiger partial charge < -0.3 is 15.2 Å². The van der Waals surface area contributed by atoms with Crippen molar-refractivity contribution < 1.29 is 17.9 Å². The average molecular weight is 313 g/mol. The van der Waals surface area contributed by atoms with E-state index in [4.69, 9.17) is 15.2 Å². The molecule has 2 atom stereocenters. The molecule has 0 aromatic heterocycles. The van der Waals surface area contributed by atoms with Crippen LogP contribution < -0.4 is 15.2 Å². The van der Waals surface area contributed by atoms with E-state index in [-0.39, 0.29) is 17.6 Å². The highest BCUT2D eigenvalue weighted by Gasteiger charge is 2.32. The largest absolute Gasteiger partial charge is 0.493 e. The smallest absolute Gasteiger partial charge is 0.161 e. The van der Waals surface area contributed by atoms with Crippen molar-refractivity contribution in [3.63, 3.8) is 0 Å². The third-order valence-corrected chi connectivity index (χ3v) is 5.85. The van der Waals surface area contributed by atoms with Crippen LogP contribution in [0.1, 0.15) is 12.8 Å². The molecule has 1 aromatic rings. The molecule has 1 aromatic carbocycles. The molecule has 2 rings (SSSR count). The van der Waals surface area contributed by atoms with Crippen LogP contribution in [0, 0.1) is 11.8 Å². The molecule has 21 heavy (non-hydrogen) atoms.